The normalized spacial score (nSPS) is 20.7. The van der Waals surface area contributed by atoms with E-state index < -0.39 is 0 Å². The number of carbonyl (C=O) groups is 1. The molecule has 4 nitrogen and oxygen atoms in total. The van der Waals surface area contributed by atoms with E-state index in [1.807, 2.05) is 50.9 Å². The molecule has 26 heavy (non-hydrogen) atoms. The number of allylic oxidation sites excluding steroid dienone is 4. The van der Waals surface area contributed by atoms with E-state index in [0.717, 1.165) is 46.8 Å². The Morgan fingerprint density at radius 3 is 2.08 bits per heavy atom. The van der Waals surface area contributed by atoms with Crippen LogP contribution in [0.15, 0.2) is 28.2 Å². The highest BCUT2D eigenvalue weighted by atomic mass is 16.3. The summed E-state index contributed by atoms with van der Waals surface area (Å²) in [5, 5.41) is 13.1. The fraction of sp³-hybridized carbons (Fsp3) is 0.455. The van der Waals surface area contributed by atoms with E-state index in [9.17, 15) is 9.90 Å². The number of Topliss-reactive ketones (excluding diaryl/α,β-unsaturated/α-hetero) is 1. The third kappa shape index (κ3) is 2.14. The number of hydrogen-bond acceptors (Lipinski definition) is 2. The van der Waals surface area contributed by atoms with Crippen LogP contribution in [0.2, 0.25) is 0 Å². The summed E-state index contributed by atoms with van der Waals surface area (Å²) in [6.45, 7) is 12.3. The number of likely N-dealkylation sites (N-methyl/N-ethyl adjacent to an activating group) is 1. The van der Waals surface area contributed by atoms with Crippen molar-refractivity contribution in [3.63, 3.8) is 0 Å². The van der Waals surface area contributed by atoms with E-state index in [1.54, 1.807) is 0 Å². The smallest absolute Gasteiger partial charge is 0.219 e. The van der Waals surface area contributed by atoms with Crippen molar-refractivity contribution >= 4 is 17.1 Å². The summed E-state index contributed by atoms with van der Waals surface area (Å²) in [6.07, 6.45) is 1.79. The van der Waals surface area contributed by atoms with Crippen LogP contribution >= 0.6 is 0 Å². The summed E-state index contributed by atoms with van der Waals surface area (Å²) in [5.41, 5.74) is 9.08. The number of nitrogens with zero attached hydrogens (tertiary/aromatic N) is 2. The summed E-state index contributed by atoms with van der Waals surface area (Å²) < 4.78 is 3.99. The van der Waals surface area contributed by atoms with Crippen LogP contribution in [0.25, 0.3) is 5.57 Å². The first-order valence-corrected chi connectivity index (χ1v) is 9.32. The lowest BCUT2D eigenvalue weighted by atomic mass is 9.82. The van der Waals surface area contributed by atoms with Crippen molar-refractivity contribution in [3.05, 3.63) is 50.7 Å². The molecule has 4 heteroatoms. The Bertz CT molecular complexity index is 978. The molecule has 0 spiro atoms. The van der Waals surface area contributed by atoms with Crippen LogP contribution in [0.4, 0.5) is 0 Å². The molecule has 0 amide bonds. The maximum atomic E-state index is 13.1. The summed E-state index contributed by atoms with van der Waals surface area (Å²) in [5.74, 6) is -0.236. The van der Waals surface area contributed by atoms with Crippen molar-refractivity contribution in [1.82, 2.24) is 4.57 Å². The van der Waals surface area contributed by atoms with Crippen LogP contribution in [0.5, 0.6) is 0 Å². The van der Waals surface area contributed by atoms with Gasteiger partial charge in [-0.25, -0.2) is 0 Å². The van der Waals surface area contributed by atoms with Crippen LogP contribution in [-0.4, -0.2) is 27.7 Å². The summed E-state index contributed by atoms with van der Waals surface area (Å²) >= 11 is 0. The number of rotatable bonds is 3. The molecule has 1 aromatic rings. The van der Waals surface area contributed by atoms with Gasteiger partial charge in [0.1, 0.15) is 7.05 Å². The molecule has 0 radical (unpaired) electrons. The van der Waals surface area contributed by atoms with Gasteiger partial charge in [0.15, 0.2) is 5.71 Å². The molecule has 1 aliphatic carbocycles. The molecule has 1 aromatic heterocycles. The lowest BCUT2D eigenvalue weighted by Gasteiger charge is -2.31. The zero-order chi connectivity index (χ0) is 19.5. The van der Waals surface area contributed by atoms with Gasteiger partial charge in [0.2, 0.25) is 11.5 Å². The second-order valence-electron chi connectivity index (χ2n) is 7.31. The van der Waals surface area contributed by atoms with Gasteiger partial charge in [-0.2, -0.15) is 4.58 Å². The van der Waals surface area contributed by atoms with Gasteiger partial charge < -0.3 is 9.67 Å². The Kier molecular flexibility index (Phi) is 4.33. The molecule has 1 aliphatic heterocycles. The SMILES string of the molecule is CCC1=C(C)C(=C2C(=O)C(c3c(C)c(CC)c(C)n3C)=C2[O-])[N+](C)=C1C. The number of carbonyl (C=O) groups excluding carboxylic acids is 1. The molecule has 0 saturated carbocycles. The summed E-state index contributed by atoms with van der Waals surface area (Å²) in [6, 6.07) is 0. The highest BCUT2D eigenvalue weighted by Gasteiger charge is 2.41. The Labute approximate surface area is 155 Å². The minimum Gasteiger partial charge on any atom is -0.871 e. The monoisotopic (exact) mass is 352 g/mol. The molecule has 0 atom stereocenters. The lowest BCUT2D eigenvalue weighted by molar-refractivity contribution is -0.438. The molecule has 2 heterocycles. The lowest BCUT2D eigenvalue weighted by Crippen LogP contribution is -2.33. The first-order valence-electron chi connectivity index (χ1n) is 9.32. The van der Waals surface area contributed by atoms with Crippen LogP contribution < -0.4 is 5.11 Å². The number of ketones is 1. The van der Waals surface area contributed by atoms with Gasteiger partial charge in [0.25, 0.3) is 0 Å². The molecule has 0 fully saturated rings. The van der Waals surface area contributed by atoms with Crippen LogP contribution in [0.1, 0.15) is 56.6 Å². The summed E-state index contributed by atoms with van der Waals surface area (Å²) in [7, 11) is 3.88. The molecule has 0 unspecified atom stereocenters. The van der Waals surface area contributed by atoms with Gasteiger partial charge in [-0.1, -0.05) is 19.6 Å². The second kappa shape index (κ2) is 6.11. The predicted molar refractivity (Wildman–Crippen MR) is 103 cm³/mol. The van der Waals surface area contributed by atoms with Crippen molar-refractivity contribution in [2.45, 2.75) is 54.4 Å². The Morgan fingerprint density at radius 2 is 1.65 bits per heavy atom. The van der Waals surface area contributed by atoms with Gasteiger partial charge in [0.05, 0.1) is 11.3 Å². The standard InChI is InChI=1S/C22H28N2O2/c1-9-15-11(3)19(23(7)13(15)5)17-21(25)18(22(17)26)20-12(4)16(10-2)14(6)24(20)8/h9-10H2,1-8H3. The third-order valence-corrected chi connectivity index (χ3v) is 6.26. The van der Waals surface area contributed by atoms with Gasteiger partial charge in [0, 0.05) is 36.4 Å². The number of aromatic nitrogens is 1. The minimum atomic E-state index is -0.118. The average molecular weight is 352 g/mol. The molecule has 3 rings (SSSR count). The quantitative estimate of drug-likeness (QED) is 0.620. The van der Waals surface area contributed by atoms with Crippen LogP contribution in [0.3, 0.4) is 0 Å². The van der Waals surface area contributed by atoms with E-state index in [-0.39, 0.29) is 11.5 Å². The van der Waals surface area contributed by atoms with Crippen molar-refractivity contribution in [2.75, 3.05) is 7.05 Å². The van der Waals surface area contributed by atoms with Crippen molar-refractivity contribution in [2.24, 2.45) is 7.05 Å². The van der Waals surface area contributed by atoms with E-state index in [2.05, 4.69) is 13.8 Å². The topological polar surface area (TPSA) is 48.1 Å². The molecular weight excluding hydrogens is 324 g/mol. The van der Waals surface area contributed by atoms with Crippen LogP contribution in [0, 0.1) is 13.8 Å². The van der Waals surface area contributed by atoms with Crippen LogP contribution in [-0.2, 0) is 18.3 Å². The van der Waals surface area contributed by atoms with Gasteiger partial charge in [-0.3, -0.25) is 4.79 Å². The van der Waals surface area contributed by atoms with E-state index in [0.29, 0.717) is 11.1 Å². The first kappa shape index (κ1) is 18.4. The minimum absolute atomic E-state index is 0.118. The predicted octanol–water partition coefficient (Wildman–Crippen LogP) is 2.96. The molecular formula is C22H28N2O2. The van der Waals surface area contributed by atoms with E-state index in [1.165, 1.54) is 11.1 Å². The first-order chi connectivity index (χ1) is 12.2. The van der Waals surface area contributed by atoms with Crippen molar-refractivity contribution < 1.29 is 14.5 Å². The van der Waals surface area contributed by atoms with E-state index in [4.69, 9.17) is 0 Å². The second-order valence-corrected chi connectivity index (χ2v) is 7.31. The fourth-order valence-corrected chi connectivity index (χ4v) is 4.65. The molecule has 138 valence electrons. The van der Waals surface area contributed by atoms with Crippen molar-refractivity contribution in [3.8, 4) is 0 Å². The molecule has 0 saturated heterocycles. The van der Waals surface area contributed by atoms with Gasteiger partial charge >= 0.3 is 0 Å². The fourth-order valence-electron chi connectivity index (χ4n) is 4.65. The maximum Gasteiger partial charge on any atom is 0.219 e. The Hall–Kier alpha value is -2.36. The molecule has 0 aromatic carbocycles. The maximum absolute atomic E-state index is 13.1. The highest BCUT2D eigenvalue weighted by Crippen LogP contribution is 2.42. The largest absolute Gasteiger partial charge is 0.871 e. The van der Waals surface area contributed by atoms with Crippen molar-refractivity contribution in [1.29, 1.82) is 0 Å². The number of hydrogen-bond donors (Lipinski definition) is 0. The van der Waals surface area contributed by atoms with Gasteiger partial charge in [-0.05, 0) is 44.7 Å². The molecule has 0 bridgehead atoms. The Morgan fingerprint density at radius 1 is 1.04 bits per heavy atom. The average Bonchev–Trinajstić information content (AvgIpc) is 2.94. The zero-order valence-electron chi connectivity index (χ0n) is 17.1. The van der Waals surface area contributed by atoms with Gasteiger partial charge in [-0.15, -0.1) is 0 Å². The molecule has 2 aliphatic rings. The summed E-state index contributed by atoms with van der Waals surface area (Å²) in [4.78, 5) is 13.1. The zero-order valence-corrected chi connectivity index (χ0v) is 17.1. The third-order valence-electron chi connectivity index (χ3n) is 6.26. The highest BCUT2D eigenvalue weighted by molar-refractivity contribution is 6.39. The Balaban J connectivity index is 2.25. The van der Waals surface area contributed by atoms with E-state index >= 15 is 0 Å². The molecule has 0 N–H and O–H groups in total.